The van der Waals surface area contributed by atoms with Gasteiger partial charge >= 0.3 is 0 Å². The van der Waals surface area contributed by atoms with E-state index in [9.17, 15) is 4.79 Å². The lowest BCUT2D eigenvalue weighted by molar-refractivity contribution is 0.107. The van der Waals surface area contributed by atoms with Crippen molar-refractivity contribution in [2.45, 2.75) is 46.1 Å². The van der Waals surface area contributed by atoms with Gasteiger partial charge in [0.1, 0.15) is 5.75 Å². The summed E-state index contributed by atoms with van der Waals surface area (Å²) in [7, 11) is 1.92. The van der Waals surface area contributed by atoms with Crippen LogP contribution in [0.15, 0.2) is 30.3 Å². The van der Waals surface area contributed by atoms with Gasteiger partial charge in [-0.1, -0.05) is 35.3 Å². The Balaban J connectivity index is 1.69. The van der Waals surface area contributed by atoms with Gasteiger partial charge in [-0.05, 0) is 80.6 Å². The molecule has 2 aromatic carbocycles. The van der Waals surface area contributed by atoms with Crippen molar-refractivity contribution in [2.24, 2.45) is 7.05 Å². The lowest BCUT2D eigenvalue weighted by atomic mass is 9.93. The molecule has 0 aliphatic carbocycles. The van der Waals surface area contributed by atoms with Crippen LogP contribution >= 0.6 is 34.8 Å². The van der Waals surface area contributed by atoms with Crippen LogP contribution in [0.3, 0.4) is 0 Å². The summed E-state index contributed by atoms with van der Waals surface area (Å²) in [6.07, 6.45) is 1.25. The summed E-state index contributed by atoms with van der Waals surface area (Å²) >= 11 is 18.6. The highest BCUT2D eigenvalue weighted by Crippen LogP contribution is 2.37. The Morgan fingerprint density at radius 2 is 1.79 bits per heavy atom. The molecule has 1 N–H and O–H groups in total. The van der Waals surface area contributed by atoms with E-state index in [1.54, 1.807) is 6.07 Å². The van der Waals surface area contributed by atoms with Crippen molar-refractivity contribution in [3.05, 3.63) is 69.1 Å². The van der Waals surface area contributed by atoms with Crippen molar-refractivity contribution in [2.75, 3.05) is 0 Å². The average Bonchev–Trinajstić information content (AvgIpc) is 3.31. The number of nitrogens with zero attached hydrogens (tertiary/aromatic N) is 2. The molecule has 8 heteroatoms. The number of rotatable bonds is 7. The van der Waals surface area contributed by atoms with Crippen LogP contribution in [0.4, 0.5) is 0 Å². The molecule has 1 unspecified atom stereocenters. The third kappa shape index (κ3) is 4.70. The van der Waals surface area contributed by atoms with E-state index in [4.69, 9.17) is 39.5 Å². The number of ether oxygens (including phenoxy) is 1. The SMILES string of the molecule is Cc1cc(OC(Cl)CCc2ccc3cc(C(=O)Cl)[nH]c3c2-c2c(C)nn(C)c2C)cc(C)c1Cl. The van der Waals surface area contributed by atoms with Crippen LogP contribution in [0.1, 0.15) is 45.0 Å². The first-order valence-corrected chi connectivity index (χ1v) is 12.2. The Hall–Kier alpha value is -2.47. The third-order valence-corrected chi connectivity index (χ3v) is 7.28. The fraction of sp³-hybridized carbons (Fsp3) is 0.308. The van der Waals surface area contributed by atoms with Gasteiger partial charge in [-0.15, -0.1) is 0 Å². The second-order valence-corrected chi connectivity index (χ2v) is 9.84. The molecular formula is C26H26Cl3N3O2. The molecule has 0 saturated carbocycles. The Labute approximate surface area is 214 Å². The summed E-state index contributed by atoms with van der Waals surface area (Å²) in [6.45, 7) is 7.91. The molecule has 0 spiro atoms. The first-order chi connectivity index (χ1) is 16.1. The van der Waals surface area contributed by atoms with Crippen molar-refractivity contribution in [3.63, 3.8) is 0 Å². The van der Waals surface area contributed by atoms with Crippen LogP contribution in [0, 0.1) is 27.7 Å². The summed E-state index contributed by atoms with van der Waals surface area (Å²) in [6, 6.07) is 9.63. The highest BCUT2D eigenvalue weighted by molar-refractivity contribution is 6.67. The average molecular weight is 519 g/mol. The van der Waals surface area contributed by atoms with Gasteiger partial charge in [-0.25, -0.2) is 0 Å². The standard InChI is InChI=1S/C26H26Cl3N3O2/c1-13-10-19(11-14(2)24(13)28)34-21(27)9-8-17-6-7-18-12-20(26(29)33)30-25(18)23(17)22-15(3)31-32(5)16(22)4/h6-7,10-12,21,30H,8-9H2,1-5H3. The number of nitrogens with one attached hydrogen (secondary N) is 1. The number of alkyl halides is 1. The van der Waals surface area contributed by atoms with Crippen LogP contribution in [0.2, 0.25) is 5.02 Å². The van der Waals surface area contributed by atoms with E-state index in [1.807, 2.05) is 57.6 Å². The normalized spacial score (nSPS) is 12.4. The molecule has 178 valence electrons. The third-order valence-electron chi connectivity index (χ3n) is 6.17. The summed E-state index contributed by atoms with van der Waals surface area (Å²) in [5.41, 5.74) is 7.67. The number of carbonyl (C=O) groups excluding carboxylic acids is 1. The fourth-order valence-corrected chi connectivity index (χ4v) is 4.85. The van der Waals surface area contributed by atoms with E-state index in [0.717, 1.165) is 55.1 Å². The molecule has 4 rings (SSSR count). The maximum absolute atomic E-state index is 11.8. The number of aryl methyl sites for hydroxylation is 5. The predicted molar refractivity (Wildman–Crippen MR) is 140 cm³/mol. The first kappa shape index (κ1) is 24.6. The van der Waals surface area contributed by atoms with E-state index in [2.05, 4.69) is 16.1 Å². The molecule has 0 saturated heterocycles. The first-order valence-electron chi connectivity index (χ1n) is 11.0. The number of hydrogen-bond acceptors (Lipinski definition) is 3. The molecule has 0 amide bonds. The molecule has 0 aliphatic rings. The van der Waals surface area contributed by atoms with Gasteiger partial charge in [-0.3, -0.25) is 9.48 Å². The smallest absolute Gasteiger partial charge is 0.268 e. The molecule has 1 atom stereocenters. The van der Waals surface area contributed by atoms with Crippen LogP contribution < -0.4 is 4.74 Å². The zero-order valence-corrected chi connectivity index (χ0v) is 22.0. The lowest BCUT2D eigenvalue weighted by Crippen LogP contribution is -2.11. The molecule has 34 heavy (non-hydrogen) atoms. The highest BCUT2D eigenvalue weighted by Gasteiger charge is 2.21. The van der Waals surface area contributed by atoms with E-state index in [1.165, 1.54) is 0 Å². The second-order valence-electron chi connectivity index (χ2n) is 8.63. The number of H-pyrrole nitrogens is 1. The quantitative estimate of drug-likeness (QED) is 0.205. The zero-order chi connectivity index (χ0) is 24.7. The number of aromatic amines is 1. The number of halogens is 3. The van der Waals surface area contributed by atoms with Gasteiger partial charge in [0.15, 0.2) is 5.56 Å². The number of benzene rings is 2. The van der Waals surface area contributed by atoms with Crippen molar-refractivity contribution >= 4 is 50.9 Å². The van der Waals surface area contributed by atoms with Crippen LogP contribution in [-0.4, -0.2) is 25.6 Å². The predicted octanol–water partition coefficient (Wildman–Crippen LogP) is 7.41. The van der Waals surface area contributed by atoms with Gasteiger partial charge < -0.3 is 9.72 Å². The molecule has 4 aromatic rings. The maximum Gasteiger partial charge on any atom is 0.268 e. The van der Waals surface area contributed by atoms with Gasteiger partial charge in [0.05, 0.1) is 16.9 Å². The lowest BCUT2D eigenvalue weighted by Gasteiger charge is -2.17. The van der Waals surface area contributed by atoms with Crippen LogP contribution in [0.5, 0.6) is 5.75 Å². The monoisotopic (exact) mass is 517 g/mol. The number of carbonyl (C=O) groups is 1. The summed E-state index contributed by atoms with van der Waals surface area (Å²) < 4.78 is 7.86. The summed E-state index contributed by atoms with van der Waals surface area (Å²) in [5, 5.41) is 5.73. The molecular weight excluding hydrogens is 493 g/mol. The summed E-state index contributed by atoms with van der Waals surface area (Å²) in [4.78, 5) is 15.0. The van der Waals surface area contributed by atoms with Crippen molar-refractivity contribution < 1.29 is 9.53 Å². The molecule has 5 nitrogen and oxygen atoms in total. The zero-order valence-electron chi connectivity index (χ0n) is 19.7. The van der Waals surface area contributed by atoms with Crippen LogP contribution in [-0.2, 0) is 13.5 Å². The minimum absolute atomic E-state index is 0.362. The molecule has 0 aliphatic heterocycles. The van der Waals surface area contributed by atoms with E-state index < -0.39 is 10.8 Å². The molecule has 2 heterocycles. The molecule has 2 aromatic heterocycles. The fourth-order valence-electron chi connectivity index (χ4n) is 4.43. The molecule has 0 fully saturated rings. The van der Waals surface area contributed by atoms with Crippen molar-refractivity contribution in [1.29, 1.82) is 0 Å². The highest BCUT2D eigenvalue weighted by atomic mass is 35.5. The van der Waals surface area contributed by atoms with E-state index >= 15 is 0 Å². The minimum atomic E-state index is -0.525. The van der Waals surface area contributed by atoms with E-state index in [0.29, 0.717) is 24.3 Å². The van der Waals surface area contributed by atoms with Gasteiger partial charge in [0.25, 0.3) is 5.24 Å². The Morgan fingerprint density at radius 3 is 2.38 bits per heavy atom. The number of aromatic nitrogens is 3. The second kappa shape index (κ2) is 9.65. The largest absolute Gasteiger partial charge is 0.475 e. The molecule has 0 bridgehead atoms. The van der Waals surface area contributed by atoms with Crippen LogP contribution in [0.25, 0.3) is 22.0 Å². The topological polar surface area (TPSA) is 59.9 Å². The Bertz CT molecular complexity index is 1380. The summed E-state index contributed by atoms with van der Waals surface area (Å²) in [5.74, 6) is 0.698. The van der Waals surface area contributed by atoms with Crippen molar-refractivity contribution in [1.82, 2.24) is 14.8 Å². The maximum atomic E-state index is 11.8. The minimum Gasteiger partial charge on any atom is -0.475 e. The Morgan fingerprint density at radius 1 is 1.12 bits per heavy atom. The number of hydrogen-bond donors (Lipinski definition) is 1. The van der Waals surface area contributed by atoms with Gasteiger partial charge in [0.2, 0.25) is 0 Å². The van der Waals surface area contributed by atoms with Gasteiger partial charge in [-0.2, -0.15) is 5.10 Å². The molecule has 0 radical (unpaired) electrons. The van der Waals surface area contributed by atoms with E-state index in [-0.39, 0.29) is 0 Å². The Kier molecular flexibility index (Phi) is 6.99. The van der Waals surface area contributed by atoms with Crippen molar-refractivity contribution in [3.8, 4) is 16.9 Å². The van der Waals surface area contributed by atoms with Gasteiger partial charge in [0, 0.05) is 40.7 Å². The number of fused-ring (bicyclic) bond motifs is 1.